The van der Waals surface area contributed by atoms with Crippen molar-refractivity contribution in [2.75, 3.05) is 6.61 Å². The summed E-state index contributed by atoms with van der Waals surface area (Å²) in [5.74, 6) is 1.48. The highest BCUT2D eigenvalue weighted by Gasteiger charge is 2.07. The van der Waals surface area contributed by atoms with Gasteiger partial charge < -0.3 is 4.74 Å². The maximum absolute atomic E-state index is 5.59. The predicted octanol–water partition coefficient (Wildman–Crippen LogP) is 3.85. The SMILES string of the molecule is C=Cc1ccc(C(C)C)c(OCC)c1. The van der Waals surface area contributed by atoms with Crippen LogP contribution in [0.2, 0.25) is 0 Å². The van der Waals surface area contributed by atoms with Crippen molar-refractivity contribution in [3.63, 3.8) is 0 Å². The Morgan fingerprint density at radius 3 is 2.64 bits per heavy atom. The second kappa shape index (κ2) is 4.85. The Labute approximate surface area is 86.4 Å². The smallest absolute Gasteiger partial charge is 0.123 e. The van der Waals surface area contributed by atoms with Crippen LogP contribution in [0.15, 0.2) is 24.8 Å². The van der Waals surface area contributed by atoms with Gasteiger partial charge in [-0.1, -0.05) is 38.6 Å². The van der Waals surface area contributed by atoms with E-state index in [4.69, 9.17) is 4.74 Å². The Kier molecular flexibility index (Phi) is 3.75. The maximum atomic E-state index is 5.59. The summed E-state index contributed by atoms with van der Waals surface area (Å²) in [6, 6.07) is 6.24. The van der Waals surface area contributed by atoms with Crippen molar-refractivity contribution in [2.45, 2.75) is 26.7 Å². The molecule has 0 saturated carbocycles. The Bertz CT molecular complexity index is 313. The summed E-state index contributed by atoms with van der Waals surface area (Å²) < 4.78 is 5.59. The van der Waals surface area contributed by atoms with E-state index >= 15 is 0 Å². The Hall–Kier alpha value is -1.24. The van der Waals surface area contributed by atoms with E-state index in [1.165, 1.54) is 5.56 Å². The van der Waals surface area contributed by atoms with E-state index in [0.717, 1.165) is 11.3 Å². The highest BCUT2D eigenvalue weighted by atomic mass is 16.5. The van der Waals surface area contributed by atoms with E-state index in [1.54, 1.807) is 0 Å². The third kappa shape index (κ3) is 2.38. The van der Waals surface area contributed by atoms with Gasteiger partial charge in [0.25, 0.3) is 0 Å². The van der Waals surface area contributed by atoms with E-state index in [-0.39, 0.29) is 0 Å². The summed E-state index contributed by atoms with van der Waals surface area (Å²) in [6.07, 6.45) is 1.84. The van der Waals surface area contributed by atoms with Gasteiger partial charge in [-0.15, -0.1) is 0 Å². The zero-order valence-electron chi connectivity index (χ0n) is 9.21. The van der Waals surface area contributed by atoms with Crippen molar-refractivity contribution in [2.24, 2.45) is 0 Å². The summed E-state index contributed by atoms with van der Waals surface area (Å²) in [5, 5.41) is 0. The molecule has 0 saturated heterocycles. The molecule has 0 atom stereocenters. The molecule has 0 aliphatic rings. The first-order valence-electron chi connectivity index (χ1n) is 5.08. The van der Waals surface area contributed by atoms with Crippen molar-refractivity contribution < 1.29 is 4.74 Å². The quantitative estimate of drug-likeness (QED) is 0.700. The molecule has 1 aromatic carbocycles. The highest BCUT2D eigenvalue weighted by molar-refractivity contribution is 5.52. The van der Waals surface area contributed by atoms with Crippen LogP contribution < -0.4 is 4.74 Å². The van der Waals surface area contributed by atoms with E-state index in [0.29, 0.717) is 12.5 Å². The van der Waals surface area contributed by atoms with Crippen LogP contribution >= 0.6 is 0 Å². The molecule has 0 bridgehead atoms. The van der Waals surface area contributed by atoms with Gasteiger partial charge in [-0.25, -0.2) is 0 Å². The van der Waals surface area contributed by atoms with Crippen molar-refractivity contribution in [3.05, 3.63) is 35.9 Å². The molecule has 0 spiro atoms. The summed E-state index contributed by atoms with van der Waals surface area (Å²) in [4.78, 5) is 0. The molecule has 0 aliphatic carbocycles. The highest BCUT2D eigenvalue weighted by Crippen LogP contribution is 2.27. The average Bonchev–Trinajstić information content (AvgIpc) is 2.17. The third-order valence-corrected chi connectivity index (χ3v) is 2.20. The summed E-state index contributed by atoms with van der Waals surface area (Å²) >= 11 is 0. The lowest BCUT2D eigenvalue weighted by atomic mass is 10.0. The largest absolute Gasteiger partial charge is 0.494 e. The zero-order valence-corrected chi connectivity index (χ0v) is 9.21. The van der Waals surface area contributed by atoms with E-state index in [2.05, 4.69) is 32.6 Å². The zero-order chi connectivity index (χ0) is 10.6. The normalized spacial score (nSPS) is 10.3. The predicted molar refractivity (Wildman–Crippen MR) is 61.8 cm³/mol. The van der Waals surface area contributed by atoms with Crippen LogP contribution in [0.3, 0.4) is 0 Å². The molecular weight excluding hydrogens is 172 g/mol. The molecule has 0 fully saturated rings. The molecule has 0 unspecified atom stereocenters. The molecule has 0 aliphatic heterocycles. The lowest BCUT2D eigenvalue weighted by Gasteiger charge is -2.13. The minimum absolute atomic E-state index is 0.496. The first-order chi connectivity index (χ1) is 6.69. The van der Waals surface area contributed by atoms with Crippen LogP contribution in [0.1, 0.15) is 37.8 Å². The van der Waals surface area contributed by atoms with Gasteiger partial charge in [0.15, 0.2) is 0 Å². The fraction of sp³-hybridized carbons (Fsp3) is 0.385. The molecular formula is C13H18O. The van der Waals surface area contributed by atoms with Crippen LogP contribution in [-0.4, -0.2) is 6.61 Å². The average molecular weight is 190 g/mol. The van der Waals surface area contributed by atoms with E-state index in [9.17, 15) is 0 Å². The lowest BCUT2D eigenvalue weighted by Crippen LogP contribution is -1.98. The number of hydrogen-bond acceptors (Lipinski definition) is 1. The minimum atomic E-state index is 0.496. The Morgan fingerprint density at radius 2 is 2.14 bits per heavy atom. The second-order valence-corrected chi connectivity index (χ2v) is 3.59. The van der Waals surface area contributed by atoms with Gasteiger partial charge in [0.05, 0.1) is 6.61 Å². The molecule has 1 nitrogen and oxygen atoms in total. The maximum Gasteiger partial charge on any atom is 0.123 e. The topological polar surface area (TPSA) is 9.23 Å². The van der Waals surface area contributed by atoms with Crippen LogP contribution in [0.4, 0.5) is 0 Å². The fourth-order valence-electron chi connectivity index (χ4n) is 1.44. The molecule has 1 rings (SSSR count). The molecule has 0 amide bonds. The van der Waals surface area contributed by atoms with E-state index < -0.39 is 0 Å². The van der Waals surface area contributed by atoms with Crippen molar-refractivity contribution >= 4 is 6.08 Å². The molecule has 1 aromatic rings. The van der Waals surface area contributed by atoms with Gasteiger partial charge in [0, 0.05) is 0 Å². The Balaban J connectivity index is 3.09. The second-order valence-electron chi connectivity index (χ2n) is 3.59. The monoisotopic (exact) mass is 190 g/mol. The van der Waals surface area contributed by atoms with Crippen LogP contribution in [-0.2, 0) is 0 Å². The summed E-state index contributed by atoms with van der Waals surface area (Å²) in [6.45, 7) is 10.8. The number of benzene rings is 1. The number of ether oxygens (including phenoxy) is 1. The standard InChI is InChI=1S/C13H18O/c1-5-11-7-8-12(10(3)4)13(9-11)14-6-2/h5,7-10H,1,6H2,2-4H3. The lowest BCUT2D eigenvalue weighted by molar-refractivity contribution is 0.335. The molecule has 0 aromatic heterocycles. The van der Waals surface area contributed by atoms with Gasteiger partial charge in [0.1, 0.15) is 5.75 Å². The third-order valence-electron chi connectivity index (χ3n) is 2.20. The van der Waals surface area contributed by atoms with Gasteiger partial charge in [-0.2, -0.15) is 0 Å². The first-order valence-corrected chi connectivity index (χ1v) is 5.08. The Morgan fingerprint density at radius 1 is 1.43 bits per heavy atom. The van der Waals surface area contributed by atoms with Crippen molar-refractivity contribution in [1.82, 2.24) is 0 Å². The van der Waals surface area contributed by atoms with Gasteiger partial charge in [-0.05, 0) is 30.0 Å². The van der Waals surface area contributed by atoms with Gasteiger partial charge in [0.2, 0.25) is 0 Å². The molecule has 1 heteroatoms. The van der Waals surface area contributed by atoms with Gasteiger partial charge in [-0.3, -0.25) is 0 Å². The molecule has 14 heavy (non-hydrogen) atoms. The van der Waals surface area contributed by atoms with Gasteiger partial charge >= 0.3 is 0 Å². The van der Waals surface area contributed by atoms with Crippen molar-refractivity contribution in [3.8, 4) is 5.75 Å². The van der Waals surface area contributed by atoms with E-state index in [1.807, 2.05) is 19.1 Å². The van der Waals surface area contributed by atoms with Crippen LogP contribution in [0.25, 0.3) is 6.08 Å². The van der Waals surface area contributed by atoms with Crippen molar-refractivity contribution in [1.29, 1.82) is 0 Å². The number of rotatable bonds is 4. The van der Waals surface area contributed by atoms with Crippen LogP contribution in [0, 0.1) is 0 Å². The summed E-state index contributed by atoms with van der Waals surface area (Å²) in [7, 11) is 0. The molecule has 76 valence electrons. The number of hydrogen-bond donors (Lipinski definition) is 0. The first kappa shape index (κ1) is 10.8. The van der Waals surface area contributed by atoms with Crippen LogP contribution in [0.5, 0.6) is 5.75 Å². The molecule has 0 radical (unpaired) electrons. The fourth-order valence-corrected chi connectivity index (χ4v) is 1.44. The minimum Gasteiger partial charge on any atom is -0.494 e. The molecule has 0 heterocycles. The molecule has 0 N–H and O–H groups in total. The summed E-state index contributed by atoms with van der Waals surface area (Å²) in [5.41, 5.74) is 2.37.